The standard InChI is InChI=1S/C8H18O4S.C4H10O.C2H6O2.7C2H4/c1-2-3-4-5-6-7-8-12-13(9,10)11;1-3-5-4-2;3-1-2-4;7*1-2/h2-8H2,1H3,(H,9,10,11);3-4H2,1-2H3;3-4H,1-2H2;7*1-2H2. The number of unbranched alkanes of at least 4 members (excludes halogenated alkanes) is 5. The number of aliphatic hydroxyl groups excluding tert-OH is 2. The average molecular weight is 543 g/mol. The molecule has 0 heterocycles. The summed E-state index contributed by atoms with van der Waals surface area (Å²) in [5.41, 5.74) is 0. The number of hydrogen-bond donors (Lipinski definition) is 3. The van der Waals surface area contributed by atoms with E-state index in [1.54, 1.807) is 0 Å². The molecule has 0 aliphatic heterocycles. The van der Waals surface area contributed by atoms with Gasteiger partial charge in [-0.25, -0.2) is 4.18 Å². The Hall–Kier alpha value is -2.07. The van der Waals surface area contributed by atoms with Gasteiger partial charge in [-0.1, -0.05) is 39.0 Å². The zero-order valence-electron chi connectivity index (χ0n) is 24.1. The van der Waals surface area contributed by atoms with Crippen LogP contribution in [0.3, 0.4) is 0 Å². The first-order valence-corrected chi connectivity index (χ1v) is 12.7. The summed E-state index contributed by atoms with van der Waals surface area (Å²) in [6, 6.07) is 0. The van der Waals surface area contributed by atoms with Crippen molar-refractivity contribution < 1.29 is 32.1 Å². The molecule has 36 heavy (non-hydrogen) atoms. The number of aliphatic hydroxyl groups is 2. The van der Waals surface area contributed by atoms with Crippen molar-refractivity contribution in [2.75, 3.05) is 33.0 Å². The van der Waals surface area contributed by atoms with Crippen molar-refractivity contribution in [2.45, 2.75) is 59.3 Å². The van der Waals surface area contributed by atoms with Crippen LogP contribution in [0.2, 0.25) is 0 Å². The van der Waals surface area contributed by atoms with Gasteiger partial charge < -0.3 is 14.9 Å². The fourth-order valence-corrected chi connectivity index (χ4v) is 1.58. The Labute approximate surface area is 226 Å². The van der Waals surface area contributed by atoms with Gasteiger partial charge in [0.05, 0.1) is 19.8 Å². The lowest BCUT2D eigenvalue weighted by molar-refractivity contribution is 0.162. The lowest BCUT2D eigenvalue weighted by atomic mass is 10.1. The average Bonchev–Trinajstić information content (AvgIpc) is 2.96. The van der Waals surface area contributed by atoms with Gasteiger partial charge in [0.25, 0.3) is 0 Å². The first-order chi connectivity index (χ1) is 17.4. The van der Waals surface area contributed by atoms with Crippen LogP contribution >= 0.6 is 0 Å². The summed E-state index contributed by atoms with van der Waals surface area (Å²) in [6.45, 7) is 49.6. The molecular formula is C28H62O7S. The SMILES string of the molecule is C=C.C=C.C=C.C=C.C=C.C=C.C=C.CCCCCCCCOS(=O)(=O)O.CCOCC.OCCO. The van der Waals surface area contributed by atoms with E-state index in [0.29, 0.717) is 6.42 Å². The zero-order chi connectivity index (χ0) is 31.7. The van der Waals surface area contributed by atoms with Gasteiger partial charge in [0.1, 0.15) is 0 Å². The maximum absolute atomic E-state index is 10.1. The molecule has 0 rings (SSSR count). The molecule has 8 heteroatoms. The predicted molar refractivity (Wildman–Crippen MR) is 166 cm³/mol. The Morgan fingerprint density at radius 2 is 0.833 bits per heavy atom. The Kier molecular flexibility index (Phi) is 209. The third kappa shape index (κ3) is 256. The number of hydrogen-bond acceptors (Lipinski definition) is 6. The van der Waals surface area contributed by atoms with Crippen LogP contribution in [0.1, 0.15) is 59.3 Å². The molecule has 222 valence electrons. The highest BCUT2D eigenvalue weighted by Crippen LogP contribution is 2.05. The molecule has 3 N–H and O–H groups in total. The van der Waals surface area contributed by atoms with Crippen LogP contribution in [-0.4, -0.2) is 56.2 Å². The molecule has 0 aromatic carbocycles. The molecular weight excluding hydrogens is 480 g/mol. The molecule has 0 radical (unpaired) electrons. The molecule has 0 amide bonds. The molecule has 0 aromatic heterocycles. The van der Waals surface area contributed by atoms with Crippen LogP contribution in [0.4, 0.5) is 0 Å². The fraction of sp³-hybridized carbons (Fsp3) is 0.500. The first-order valence-electron chi connectivity index (χ1n) is 11.3. The summed E-state index contributed by atoms with van der Waals surface area (Å²) in [7, 11) is -4.22. The Balaban J connectivity index is -0.0000000309. The molecule has 0 aliphatic rings. The number of ether oxygens (including phenoxy) is 1. The van der Waals surface area contributed by atoms with Crippen LogP contribution < -0.4 is 0 Å². The van der Waals surface area contributed by atoms with E-state index < -0.39 is 10.4 Å². The quantitative estimate of drug-likeness (QED) is 0.139. The summed E-state index contributed by atoms with van der Waals surface area (Å²) in [5, 5.41) is 15.2. The van der Waals surface area contributed by atoms with E-state index >= 15 is 0 Å². The van der Waals surface area contributed by atoms with Gasteiger partial charge in [0, 0.05) is 13.2 Å². The van der Waals surface area contributed by atoms with Crippen LogP contribution in [0.5, 0.6) is 0 Å². The van der Waals surface area contributed by atoms with E-state index in [1.165, 1.54) is 19.3 Å². The Morgan fingerprint density at radius 3 is 1.03 bits per heavy atom. The van der Waals surface area contributed by atoms with E-state index in [-0.39, 0.29) is 19.8 Å². The molecule has 0 atom stereocenters. The van der Waals surface area contributed by atoms with Gasteiger partial charge in [-0.2, -0.15) is 8.42 Å². The number of rotatable bonds is 11. The van der Waals surface area contributed by atoms with Crippen LogP contribution in [0.15, 0.2) is 92.1 Å². The second-order valence-electron chi connectivity index (χ2n) is 4.25. The predicted octanol–water partition coefficient (Wildman–Crippen LogP) is 7.80. The van der Waals surface area contributed by atoms with E-state index in [2.05, 4.69) is 103 Å². The van der Waals surface area contributed by atoms with Crippen molar-refractivity contribution in [3.63, 3.8) is 0 Å². The van der Waals surface area contributed by atoms with Crippen molar-refractivity contribution in [3.05, 3.63) is 92.1 Å². The van der Waals surface area contributed by atoms with Crippen molar-refractivity contribution >= 4 is 10.4 Å². The summed E-state index contributed by atoms with van der Waals surface area (Å²) in [4.78, 5) is 0. The minimum Gasteiger partial charge on any atom is -0.394 e. The first kappa shape index (κ1) is 64.3. The molecule has 0 spiro atoms. The minimum absolute atomic E-state index is 0.0883. The van der Waals surface area contributed by atoms with E-state index in [0.717, 1.165) is 26.1 Å². The van der Waals surface area contributed by atoms with Crippen LogP contribution in [0, 0.1) is 0 Å². The normalized spacial score (nSPS) is 7.06. The second-order valence-corrected chi connectivity index (χ2v) is 5.34. The Bertz CT molecular complexity index is 341. The topological polar surface area (TPSA) is 113 Å². The maximum Gasteiger partial charge on any atom is 0.397 e. The molecule has 0 aromatic rings. The molecule has 0 bridgehead atoms. The molecule has 0 fully saturated rings. The summed E-state index contributed by atoms with van der Waals surface area (Å²) in [5.74, 6) is 0. The van der Waals surface area contributed by atoms with Crippen molar-refractivity contribution in [1.29, 1.82) is 0 Å². The molecule has 0 unspecified atom stereocenters. The largest absolute Gasteiger partial charge is 0.397 e. The van der Waals surface area contributed by atoms with E-state index in [4.69, 9.17) is 19.5 Å². The molecule has 0 aliphatic carbocycles. The molecule has 7 nitrogen and oxygen atoms in total. The van der Waals surface area contributed by atoms with E-state index in [1.807, 2.05) is 13.8 Å². The molecule has 0 saturated heterocycles. The van der Waals surface area contributed by atoms with Gasteiger partial charge in [0.2, 0.25) is 0 Å². The fourth-order valence-electron chi connectivity index (χ4n) is 1.25. The third-order valence-corrected chi connectivity index (χ3v) is 2.70. The van der Waals surface area contributed by atoms with Gasteiger partial charge in [-0.15, -0.1) is 92.1 Å². The van der Waals surface area contributed by atoms with Gasteiger partial charge in [-0.3, -0.25) is 4.55 Å². The highest BCUT2D eigenvalue weighted by atomic mass is 32.3. The zero-order valence-corrected chi connectivity index (χ0v) is 24.9. The van der Waals surface area contributed by atoms with Crippen molar-refractivity contribution in [2.24, 2.45) is 0 Å². The van der Waals surface area contributed by atoms with Gasteiger partial charge in [-0.05, 0) is 20.3 Å². The Morgan fingerprint density at radius 1 is 0.556 bits per heavy atom. The van der Waals surface area contributed by atoms with Gasteiger partial charge in [0.15, 0.2) is 0 Å². The van der Waals surface area contributed by atoms with E-state index in [9.17, 15) is 8.42 Å². The third-order valence-electron chi connectivity index (χ3n) is 2.24. The maximum atomic E-state index is 10.1. The van der Waals surface area contributed by atoms with Crippen LogP contribution in [-0.2, 0) is 19.3 Å². The molecule has 0 saturated carbocycles. The van der Waals surface area contributed by atoms with Crippen LogP contribution in [0.25, 0.3) is 0 Å². The summed E-state index contributed by atoms with van der Waals surface area (Å²) < 4.78 is 37.4. The summed E-state index contributed by atoms with van der Waals surface area (Å²) in [6.07, 6.45) is 6.34. The highest BCUT2D eigenvalue weighted by Gasteiger charge is 2.02. The monoisotopic (exact) mass is 542 g/mol. The smallest absolute Gasteiger partial charge is 0.394 e. The van der Waals surface area contributed by atoms with Crippen molar-refractivity contribution in [3.8, 4) is 0 Å². The van der Waals surface area contributed by atoms with Gasteiger partial charge >= 0.3 is 10.4 Å². The summed E-state index contributed by atoms with van der Waals surface area (Å²) >= 11 is 0. The second kappa shape index (κ2) is 117. The lowest BCUT2D eigenvalue weighted by Crippen LogP contribution is -2.04. The minimum atomic E-state index is -4.22. The lowest BCUT2D eigenvalue weighted by Gasteiger charge is -2.00. The van der Waals surface area contributed by atoms with Crippen molar-refractivity contribution in [1.82, 2.24) is 0 Å². The highest BCUT2D eigenvalue weighted by molar-refractivity contribution is 7.80.